The maximum Gasteiger partial charge on any atom is 0.289 e. The molecule has 130 valence electrons. The van der Waals surface area contributed by atoms with Gasteiger partial charge in [-0.1, -0.05) is 18.2 Å². The maximum absolute atomic E-state index is 13.3. The van der Waals surface area contributed by atoms with Crippen molar-refractivity contribution in [3.63, 3.8) is 0 Å². The average molecular weight is 363 g/mol. The Morgan fingerprint density at radius 3 is 2.64 bits per heavy atom. The molecule has 2 heterocycles. The van der Waals surface area contributed by atoms with Gasteiger partial charge in [0.15, 0.2) is 4.90 Å². The van der Waals surface area contributed by atoms with Gasteiger partial charge in [0.1, 0.15) is 5.82 Å². The second kappa shape index (κ2) is 6.69. The van der Waals surface area contributed by atoms with E-state index < -0.39 is 26.5 Å². The summed E-state index contributed by atoms with van der Waals surface area (Å²) in [6, 6.07) is 6.59. The summed E-state index contributed by atoms with van der Waals surface area (Å²) in [7, 11) is -3.99. The van der Waals surface area contributed by atoms with Gasteiger partial charge in [0.05, 0.1) is 11.1 Å². The topological polar surface area (TPSA) is 93.4 Å². The van der Waals surface area contributed by atoms with Crippen molar-refractivity contribution < 1.29 is 17.7 Å². The van der Waals surface area contributed by atoms with E-state index in [0.717, 1.165) is 17.8 Å². The first-order valence-corrected chi connectivity index (χ1v) is 8.87. The first-order chi connectivity index (χ1) is 11.9. The summed E-state index contributed by atoms with van der Waals surface area (Å²) in [5, 5.41) is 11.1. The van der Waals surface area contributed by atoms with Gasteiger partial charge < -0.3 is 0 Å². The van der Waals surface area contributed by atoms with Gasteiger partial charge in [-0.05, 0) is 29.7 Å². The van der Waals surface area contributed by atoms with Crippen molar-refractivity contribution in [2.24, 2.45) is 0 Å². The van der Waals surface area contributed by atoms with Crippen molar-refractivity contribution in [1.82, 2.24) is 9.29 Å². The highest BCUT2D eigenvalue weighted by molar-refractivity contribution is 7.89. The number of hydrogen-bond acceptors (Lipinski definition) is 5. The Balaban J connectivity index is 1.88. The zero-order valence-electron chi connectivity index (χ0n) is 13.0. The first-order valence-electron chi connectivity index (χ1n) is 7.43. The highest BCUT2D eigenvalue weighted by atomic mass is 32.2. The van der Waals surface area contributed by atoms with Crippen LogP contribution in [0.15, 0.2) is 53.7 Å². The second-order valence-corrected chi connectivity index (χ2v) is 7.37. The standard InChI is InChI=1S/C16H14FN3O4S/c17-14-9-13(10-18-11-14)12-5-7-19(8-6-12)25(23,24)16-4-2-1-3-15(16)20(21)22/h1-5,9-11H,6-8H2. The summed E-state index contributed by atoms with van der Waals surface area (Å²) < 4.78 is 39.9. The minimum Gasteiger partial charge on any atom is -0.261 e. The van der Waals surface area contributed by atoms with E-state index in [2.05, 4.69) is 4.98 Å². The Labute approximate surface area is 143 Å². The molecule has 0 saturated heterocycles. The molecule has 0 unspecified atom stereocenters. The Bertz CT molecular complexity index is 959. The molecule has 0 atom stereocenters. The smallest absolute Gasteiger partial charge is 0.261 e. The van der Waals surface area contributed by atoms with Crippen LogP contribution in [0.3, 0.4) is 0 Å². The number of benzene rings is 1. The van der Waals surface area contributed by atoms with Crippen molar-refractivity contribution >= 4 is 21.3 Å². The summed E-state index contributed by atoms with van der Waals surface area (Å²) in [6.07, 6.45) is 4.65. The van der Waals surface area contributed by atoms with Gasteiger partial charge in [0.25, 0.3) is 5.69 Å². The minimum absolute atomic E-state index is 0.0558. The highest BCUT2D eigenvalue weighted by Gasteiger charge is 2.32. The number of nitrogens with zero attached hydrogens (tertiary/aromatic N) is 3. The van der Waals surface area contributed by atoms with Crippen LogP contribution in [0.25, 0.3) is 5.57 Å². The average Bonchev–Trinajstić information content (AvgIpc) is 2.62. The normalized spacial score (nSPS) is 15.6. The lowest BCUT2D eigenvalue weighted by atomic mass is 10.0. The van der Waals surface area contributed by atoms with Crippen molar-refractivity contribution in [3.8, 4) is 0 Å². The Morgan fingerprint density at radius 2 is 2.00 bits per heavy atom. The highest BCUT2D eigenvalue weighted by Crippen LogP contribution is 2.30. The Kier molecular flexibility index (Phi) is 4.60. The molecule has 0 spiro atoms. The number of aromatic nitrogens is 1. The molecule has 0 aliphatic carbocycles. The zero-order valence-corrected chi connectivity index (χ0v) is 13.8. The van der Waals surface area contributed by atoms with Crippen LogP contribution >= 0.6 is 0 Å². The predicted octanol–water partition coefficient (Wildman–Crippen LogP) is 2.61. The summed E-state index contributed by atoms with van der Waals surface area (Å²) in [5.74, 6) is -0.464. The molecule has 0 amide bonds. The molecule has 1 aliphatic heterocycles. The van der Waals surface area contributed by atoms with E-state index in [1.165, 1.54) is 34.8 Å². The largest absolute Gasteiger partial charge is 0.289 e. The van der Waals surface area contributed by atoms with Gasteiger partial charge in [0.2, 0.25) is 10.0 Å². The number of halogens is 1. The van der Waals surface area contributed by atoms with Crippen LogP contribution in [0.1, 0.15) is 12.0 Å². The molecule has 1 aromatic heterocycles. The third kappa shape index (κ3) is 3.42. The van der Waals surface area contributed by atoms with Crippen LogP contribution in [-0.2, 0) is 10.0 Å². The van der Waals surface area contributed by atoms with Gasteiger partial charge in [-0.3, -0.25) is 15.1 Å². The molecular formula is C16H14FN3O4S. The predicted molar refractivity (Wildman–Crippen MR) is 88.6 cm³/mol. The number of hydrogen-bond donors (Lipinski definition) is 0. The molecule has 2 aromatic rings. The van der Waals surface area contributed by atoms with E-state index in [1.807, 2.05) is 0 Å². The lowest BCUT2D eigenvalue weighted by Gasteiger charge is -2.25. The van der Waals surface area contributed by atoms with Crippen molar-refractivity contribution in [1.29, 1.82) is 0 Å². The third-order valence-corrected chi connectivity index (χ3v) is 5.84. The molecule has 0 fully saturated rings. The molecule has 7 nitrogen and oxygen atoms in total. The van der Waals surface area contributed by atoms with Gasteiger partial charge in [-0.2, -0.15) is 4.31 Å². The van der Waals surface area contributed by atoms with Crippen LogP contribution < -0.4 is 0 Å². The lowest BCUT2D eigenvalue weighted by molar-refractivity contribution is -0.387. The van der Waals surface area contributed by atoms with E-state index >= 15 is 0 Å². The fourth-order valence-electron chi connectivity index (χ4n) is 2.68. The van der Waals surface area contributed by atoms with Crippen molar-refractivity contribution in [2.45, 2.75) is 11.3 Å². The van der Waals surface area contributed by atoms with Gasteiger partial charge >= 0.3 is 0 Å². The number of nitro groups is 1. The summed E-state index contributed by atoms with van der Waals surface area (Å²) >= 11 is 0. The lowest BCUT2D eigenvalue weighted by Crippen LogP contribution is -2.35. The molecule has 1 aliphatic rings. The molecular weight excluding hydrogens is 349 g/mol. The van der Waals surface area contributed by atoms with Gasteiger partial charge in [-0.25, -0.2) is 12.8 Å². The molecule has 1 aromatic carbocycles. The van der Waals surface area contributed by atoms with Crippen molar-refractivity contribution in [3.05, 3.63) is 70.3 Å². The minimum atomic E-state index is -3.99. The summed E-state index contributed by atoms with van der Waals surface area (Å²) in [5.41, 5.74) is 0.940. The van der Waals surface area contributed by atoms with E-state index in [0.29, 0.717) is 12.0 Å². The molecule has 0 bridgehead atoms. The quantitative estimate of drug-likeness (QED) is 0.615. The molecule has 0 saturated carbocycles. The second-order valence-electron chi connectivity index (χ2n) is 5.46. The van der Waals surface area contributed by atoms with Gasteiger partial charge in [0, 0.05) is 25.4 Å². The number of nitro benzene ring substituents is 1. The van der Waals surface area contributed by atoms with E-state index in [9.17, 15) is 22.9 Å². The SMILES string of the molecule is O=[N+]([O-])c1ccccc1S(=O)(=O)N1CC=C(c2cncc(F)c2)CC1. The number of rotatable bonds is 4. The first kappa shape index (κ1) is 17.2. The van der Waals surface area contributed by atoms with E-state index in [1.54, 1.807) is 6.08 Å². The monoisotopic (exact) mass is 363 g/mol. The third-order valence-electron chi connectivity index (χ3n) is 3.93. The van der Waals surface area contributed by atoms with Crippen LogP contribution in [0.4, 0.5) is 10.1 Å². The fourth-order valence-corrected chi connectivity index (χ4v) is 4.22. The van der Waals surface area contributed by atoms with E-state index in [-0.39, 0.29) is 18.0 Å². The molecule has 25 heavy (non-hydrogen) atoms. The zero-order chi connectivity index (χ0) is 18.0. The van der Waals surface area contributed by atoms with E-state index in [4.69, 9.17) is 0 Å². The molecule has 0 radical (unpaired) electrons. The van der Waals surface area contributed by atoms with Crippen LogP contribution in [0.5, 0.6) is 0 Å². The Hall–Kier alpha value is -2.65. The maximum atomic E-state index is 13.3. The molecule has 9 heteroatoms. The number of pyridine rings is 1. The molecule has 3 rings (SSSR count). The molecule has 0 N–H and O–H groups in total. The van der Waals surface area contributed by atoms with Crippen LogP contribution in [0.2, 0.25) is 0 Å². The van der Waals surface area contributed by atoms with Crippen LogP contribution in [-0.4, -0.2) is 35.7 Å². The fraction of sp³-hybridized carbons (Fsp3) is 0.188. The summed E-state index contributed by atoms with van der Waals surface area (Å²) in [4.78, 5) is 13.8. The van der Waals surface area contributed by atoms with Crippen molar-refractivity contribution in [2.75, 3.05) is 13.1 Å². The number of sulfonamides is 1. The van der Waals surface area contributed by atoms with Crippen LogP contribution in [0, 0.1) is 15.9 Å². The summed E-state index contributed by atoms with van der Waals surface area (Å²) in [6.45, 7) is 0.205. The Morgan fingerprint density at radius 1 is 1.24 bits per heavy atom. The van der Waals surface area contributed by atoms with Gasteiger partial charge in [-0.15, -0.1) is 0 Å². The number of para-hydroxylation sites is 1.